The van der Waals surface area contributed by atoms with E-state index in [1.165, 1.54) is 70.3 Å². The molecule has 0 radical (unpaired) electrons. The maximum absolute atomic E-state index is 14.0. The summed E-state index contributed by atoms with van der Waals surface area (Å²) < 4.78 is 0. The highest BCUT2D eigenvalue weighted by Gasteiger charge is 2.42. The predicted octanol–water partition coefficient (Wildman–Crippen LogP) is 0.138. The fourth-order valence-electron chi connectivity index (χ4n) is 7.43. The van der Waals surface area contributed by atoms with Crippen molar-refractivity contribution in [2.24, 2.45) is 5.92 Å². The van der Waals surface area contributed by atoms with E-state index >= 15 is 0 Å². The van der Waals surface area contributed by atoms with Gasteiger partial charge in [-0.25, -0.2) is 0 Å². The summed E-state index contributed by atoms with van der Waals surface area (Å²) in [5.74, 6) is -7.18. The normalized spacial score (nSPS) is 17.1. The number of likely N-dealkylation sites (N-methyl/N-ethyl adjacent to an activating group) is 1. The summed E-state index contributed by atoms with van der Waals surface area (Å²) in [6, 6.07) is -3.50. The minimum absolute atomic E-state index is 0.00681. The average molecular weight is 931 g/mol. The molecular weight excluding hydrogens is 857 g/mol. The topological polar surface area (TPSA) is 302 Å². The number of ketones is 1. The second-order valence-electron chi connectivity index (χ2n) is 17.6. The predicted molar refractivity (Wildman–Crippen MR) is 244 cm³/mol. The molecule has 10 N–H and O–H groups in total. The van der Waals surface area contributed by atoms with Crippen molar-refractivity contribution in [3.8, 4) is 5.75 Å². The lowest BCUT2D eigenvalue weighted by Gasteiger charge is -2.32. The summed E-state index contributed by atoms with van der Waals surface area (Å²) in [4.78, 5) is 120. The van der Waals surface area contributed by atoms with Gasteiger partial charge in [-0.05, 0) is 77.0 Å². The molecule has 0 aromatic heterocycles. The smallest absolute Gasteiger partial charge is 0.289 e. The van der Waals surface area contributed by atoms with Gasteiger partial charge in [0.2, 0.25) is 47.1 Å². The summed E-state index contributed by atoms with van der Waals surface area (Å²) >= 11 is 0. The van der Waals surface area contributed by atoms with Gasteiger partial charge in [0.25, 0.3) is 5.91 Å². The zero-order chi connectivity index (χ0) is 49.7. The van der Waals surface area contributed by atoms with E-state index < -0.39 is 102 Å². The number of carbonyl (C=O) groups excluding carboxylic acids is 9. The number of aliphatic hydroxyl groups excluding tert-OH is 2. The third kappa shape index (κ3) is 18.7. The highest BCUT2D eigenvalue weighted by Crippen LogP contribution is 2.21. The molecule has 0 spiro atoms. The fourth-order valence-corrected chi connectivity index (χ4v) is 7.43. The number of hydrogen-bond acceptors (Lipinski definition) is 12. The molecule has 8 amide bonds. The number of nitrogens with zero attached hydrogens (tertiary/aromatic N) is 1. The number of aliphatic hydroxyl groups is 2. The lowest BCUT2D eigenvalue weighted by Crippen LogP contribution is -2.62. The van der Waals surface area contributed by atoms with E-state index in [1.54, 1.807) is 0 Å². The van der Waals surface area contributed by atoms with Crippen molar-refractivity contribution >= 4 is 53.0 Å². The lowest BCUT2D eigenvalue weighted by atomic mass is 10.0. The molecule has 370 valence electrons. The second-order valence-corrected chi connectivity index (χ2v) is 17.6. The third-order valence-electron chi connectivity index (χ3n) is 11.3. The molecule has 9 atom stereocenters. The lowest BCUT2D eigenvalue weighted by molar-refractivity contribution is -0.145. The Kier molecular flexibility index (Phi) is 24.3. The van der Waals surface area contributed by atoms with Crippen LogP contribution in [0.4, 0.5) is 0 Å². The molecule has 0 aliphatic carbocycles. The number of hydrogen-bond donors (Lipinski definition) is 10. The highest BCUT2D eigenvalue weighted by molar-refractivity contribution is 6.38. The van der Waals surface area contributed by atoms with E-state index in [1.807, 2.05) is 13.8 Å². The maximum Gasteiger partial charge on any atom is 0.289 e. The van der Waals surface area contributed by atoms with Gasteiger partial charge in [0, 0.05) is 26.4 Å². The Morgan fingerprint density at radius 3 is 1.82 bits per heavy atom. The van der Waals surface area contributed by atoms with E-state index in [-0.39, 0.29) is 49.8 Å². The molecule has 20 heteroatoms. The molecule has 1 aromatic rings. The number of benzene rings is 1. The van der Waals surface area contributed by atoms with Crippen molar-refractivity contribution < 1.29 is 58.5 Å². The largest absolute Gasteiger partial charge is 0.508 e. The molecule has 1 saturated heterocycles. The fraction of sp³-hybridized carbons (Fsp3) is 0.674. The number of Topliss-reactive ketones (excluding diaryl/α,β-unsaturated/α-hetero) is 1. The van der Waals surface area contributed by atoms with Crippen LogP contribution in [0.5, 0.6) is 5.75 Å². The molecule has 1 heterocycles. The number of phenolic OH excluding ortho intramolecular Hbond substituents is 1. The number of carbonyl (C=O) groups is 9. The maximum atomic E-state index is 14.0. The van der Waals surface area contributed by atoms with Crippen LogP contribution < -0.4 is 37.2 Å². The zero-order valence-electron chi connectivity index (χ0n) is 39.7. The van der Waals surface area contributed by atoms with Gasteiger partial charge >= 0.3 is 0 Å². The first kappa shape index (κ1) is 56.5. The van der Waals surface area contributed by atoms with Crippen molar-refractivity contribution in [3.05, 3.63) is 29.8 Å². The van der Waals surface area contributed by atoms with Gasteiger partial charge in [-0.2, -0.15) is 0 Å². The van der Waals surface area contributed by atoms with Crippen molar-refractivity contribution in [1.29, 1.82) is 0 Å². The second kappa shape index (κ2) is 28.4. The first-order chi connectivity index (χ1) is 31.1. The number of rotatable bonds is 28. The van der Waals surface area contributed by atoms with Crippen molar-refractivity contribution in [3.63, 3.8) is 0 Å². The molecule has 66 heavy (non-hydrogen) atoms. The standard InChI is InChI=1S/C46H74N8O12/c1-9-10-11-12-13-14-15-18-36(58)50-33(24-26(2)3)42(62)53-38(30(7)56)46(66)54-23-16-17-35(54)43(63)52-37(29(6)55)44(64)49-28(5)40(60)51-34(25-31-19-21-32(57)22-20-31)41(61)48-27(4)39(59)45(65)47-8/h19-22,26-30,33-35,37-38,55-57H,9-18,23-25H2,1-8H3,(H,47,65)(H,48,61)(H,49,64)(H,50,58)(H,51,60)(H,52,63)(H,53,62)/t27?,28-,29?,30?,33-,34-,35+,37-,38-/m0/s1. The van der Waals surface area contributed by atoms with Crippen LogP contribution in [0.2, 0.25) is 0 Å². The average Bonchev–Trinajstić information content (AvgIpc) is 3.76. The first-order valence-electron chi connectivity index (χ1n) is 23.1. The van der Waals surface area contributed by atoms with Crippen molar-refractivity contribution in [2.75, 3.05) is 13.6 Å². The Balaban J connectivity index is 2.15. The van der Waals surface area contributed by atoms with Crippen molar-refractivity contribution in [2.45, 2.75) is 180 Å². The molecule has 0 saturated carbocycles. The van der Waals surface area contributed by atoms with E-state index in [0.29, 0.717) is 18.4 Å². The summed E-state index contributed by atoms with van der Waals surface area (Å²) in [7, 11) is 1.25. The quantitative estimate of drug-likeness (QED) is 0.0397. The number of likely N-dealkylation sites (tertiary alicyclic amines) is 1. The number of phenols is 1. The van der Waals surface area contributed by atoms with Crippen molar-refractivity contribution in [1.82, 2.24) is 42.1 Å². The van der Waals surface area contributed by atoms with E-state index in [0.717, 1.165) is 32.1 Å². The summed E-state index contributed by atoms with van der Waals surface area (Å²) in [5, 5.41) is 48.4. The zero-order valence-corrected chi connectivity index (χ0v) is 39.7. The Labute approximate surface area is 387 Å². The molecule has 1 aliphatic heterocycles. The van der Waals surface area contributed by atoms with Crippen LogP contribution in [0.3, 0.4) is 0 Å². The molecule has 0 bridgehead atoms. The monoisotopic (exact) mass is 931 g/mol. The molecule has 20 nitrogen and oxygen atoms in total. The van der Waals surface area contributed by atoms with Gasteiger partial charge < -0.3 is 57.4 Å². The van der Waals surface area contributed by atoms with Crippen LogP contribution in [-0.4, -0.2) is 141 Å². The van der Waals surface area contributed by atoms with Gasteiger partial charge in [0.05, 0.1) is 18.2 Å². The minimum atomic E-state index is -1.63. The number of aromatic hydroxyl groups is 1. The summed E-state index contributed by atoms with van der Waals surface area (Å²) in [5.41, 5.74) is 0.502. The van der Waals surface area contributed by atoms with Crippen LogP contribution in [0.15, 0.2) is 24.3 Å². The SMILES string of the molecule is CCCCCCCCCC(=O)N[C@@H](CC(C)C)C(=O)N[C@H](C(=O)N1CCC[C@@H]1C(=O)N[C@H](C(=O)N[C@@H](C)C(=O)N[C@@H](Cc1ccc(O)cc1)C(=O)NC(C)C(=O)C(=O)NC)C(C)O)C(C)O. The summed E-state index contributed by atoms with van der Waals surface area (Å²) in [6.45, 7) is 11.1. The molecule has 1 aromatic carbocycles. The van der Waals surface area contributed by atoms with Crippen LogP contribution in [0.25, 0.3) is 0 Å². The van der Waals surface area contributed by atoms with E-state index in [4.69, 9.17) is 0 Å². The number of unbranched alkanes of at least 4 members (excludes halogenated alkanes) is 6. The van der Waals surface area contributed by atoms with Crippen LogP contribution in [-0.2, 0) is 49.6 Å². The minimum Gasteiger partial charge on any atom is -0.508 e. The molecule has 3 unspecified atom stereocenters. The highest BCUT2D eigenvalue weighted by atomic mass is 16.3. The summed E-state index contributed by atoms with van der Waals surface area (Å²) in [6.07, 6.45) is 5.12. The Morgan fingerprint density at radius 2 is 1.24 bits per heavy atom. The van der Waals surface area contributed by atoms with Crippen LogP contribution in [0, 0.1) is 5.92 Å². The van der Waals surface area contributed by atoms with E-state index in [2.05, 4.69) is 44.1 Å². The van der Waals surface area contributed by atoms with Gasteiger partial charge in [-0.3, -0.25) is 43.2 Å². The molecular formula is C46H74N8O12. The van der Waals surface area contributed by atoms with Gasteiger partial charge in [-0.15, -0.1) is 0 Å². The Bertz CT molecular complexity index is 1810. The number of amides is 8. The van der Waals surface area contributed by atoms with Crippen LogP contribution >= 0.6 is 0 Å². The molecule has 2 rings (SSSR count). The molecule has 1 aliphatic rings. The number of nitrogens with one attached hydrogen (secondary N) is 7. The molecule has 1 fully saturated rings. The van der Waals surface area contributed by atoms with Gasteiger partial charge in [-0.1, -0.05) is 71.4 Å². The third-order valence-corrected chi connectivity index (χ3v) is 11.3. The van der Waals surface area contributed by atoms with Gasteiger partial charge in [0.15, 0.2) is 0 Å². The Morgan fingerprint density at radius 1 is 0.667 bits per heavy atom. The van der Waals surface area contributed by atoms with Crippen LogP contribution in [0.1, 0.15) is 125 Å². The van der Waals surface area contributed by atoms with Gasteiger partial charge in [0.1, 0.15) is 42.0 Å². The first-order valence-corrected chi connectivity index (χ1v) is 23.1. The Hall–Kier alpha value is -5.63. The van der Waals surface area contributed by atoms with E-state index in [9.17, 15) is 58.5 Å².